The van der Waals surface area contributed by atoms with Crippen LogP contribution in [0.2, 0.25) is 10.3 Å². The molecule has 1 aromatic rings. The van der Waals surface area contributed by atoms with Gasteiger partial charge < -0.3 is 10.0 Å². The van der Waals surface area contributed by atoms with Crippen LogP contribution in [-0.4, -0.2) is 40.0 Å². The van der Waals surface area contributed by atoms with Crippen LogP contribution >= 0.6 is 23.2 Å². The summed E-state index contributed by atoms with van der Waals surface area (Å²) in [5, 5.41) is 9.74. The fourth-order valence-corrected chi connectivity index (χ4v) is 3.15. The van der Waals surface area contributed by atoms with Crippen LogP contribution in [0.1, 0.15) is 36.5 Å². The molecule has 1 aliphatic heterocycles. The number of hydrogen-bond donors (Lipinski definition) is 1. The topological polar surface area (TPSA) is 70.5 Å². The number of carbonyl (C=O) groups excluding carboxylic acids is 1. The quantitative estimate of drug-likeness (QED) is 0.864. The first-order valence-corrected chi connectivity index (χ1v) is 7.49. The Hall–Kier alpha value is -1.33. The molecule has 0 saturated carbocycles. The number of rotatable bonds is 3. The maximum Gasteiger partial charge on any atom is 0.311 e. The number of likely N-dealkylation sites (tertiary alicyclic amines) is 1. The minimum absolute atomic E-state index is 0.142. The highest BCUT2D eigenvalue weighted by Crippen LogP contribution is 2.34. The van der Waals surface area contributed by atoms with Gasteiger partial charge in [-0.15, -0.1) is 0 Å². The average molecular weight is 331 g/mol. The van der Waals surface area contributed by atoms with Crippen molar-refractivity contribution in [2.75, 3.05) is 13.1 Å². The zero-order chi connectivity index (χ0) is 15.6. The van der Waals surface area contributed by atoms with E-state index in [9.17, 15) is 14.7 Å². The number of amides is 1. The molecule has 5 nitrogen and oxygen atoms in total. The zero-order valence-corrected chi connectivity index (χ0v) is 13.1. The molecule has 114 valence electrons. The van der Waals surface area contributed by atoms with Gasteiger partial charge in [0.1, 0.15) is 10.3 Å². The van der Waals surface area contributed by atoms with Gasteiger partial charge in [0.25, 0.3) is 5.91 Å². The van der Waals surface area contributed by atoms with Gasteiger partial charge in [0, 0.05) is 18.7 Å². The number of halogens is 2. The van der Waals surface area contributed by atoms with Crippen LogP contribution in [0.3, 0.4) is 0 Å². The van der Waals surface area contributed by atoms with E-state index < -0.39 is 11.4 Å². The second-order valence-electron chi connectivity index (χ2n) is 5.27. The van der Waals surface area contributed by atoms with Crippen molar-refractivity contribution in [1.29, 1.82) is 0 Å². The molecule has 0 aromatic carbocycles. The molecule has 0 aliphatic carbocycles. The summed E-state index contributed by atoms with van der Waals surface area (Å²) in [6, 6.07) is 2.89. The van der Waals surface area contributed by atoms with Gasteiger partial charge in [0.15, 0.2) is 0 Å². The summed E-state index contributed by atoms with van der Waals surface area (Å²) in [5.74, 6) is -1.12. The van der Waals surface area contributed by atoms with Gasteiger partial charge in [0.05, 0.1) is 5.41 Å². The minimum Gasteiger partial charge on any atom is -0.481 e. The Morgan fingerprint density at radius 1 is 1.38 bits per heavy atom. The third kappa shape index (κ3) is 3.30. The van der Waals surface area contributed by atoms with Crippen molar-refractivity contribution in [3.63, 3.8) is 0 Å². The highest BCUT2D eigenvalue weighted by atomic mass is 35.5. The highest BCUT2D eigenvalue weighted by molar-refractivity contribution is 6.33. The lowest BCUT2D eigenvalue weighted by atomic mass is 9.77. The van der Waals surface area contributed by atoms with Crippen molar-refractivity contribution >= 4 is 35.1 Å². The molecule has 7 heteroatoms. The van der Waals surface area contributed by atoms with Gasteiger partial charge in [-0.25, -0.2) is 4.98 Å². The van der Waals surface area contributed by atoms with E-state index in [1.807, 2.05) is 6.92 Å². The molecule has 1 unspecified atom stereocenters. The third-order valence-corrected chi connectivity index (χ3v) is 4.39. The van der Waals surface area contributed by atoms with Crippen LogP contribution in [0.25, 0.3) is 0 Å². The lowest BCUT2D eigenvalue weighted by Gasteiger charge is -2.39. The standard InChI is InChI=1S/C14H16Cl2N2O3/c1-2-14(13(20)21)4-3-5-18(8-14)12(19)9-6-10(15)17-11(16)7-9/h6-7H,2-5,8H2,1H3,(H,20,21). The first kappa shape index (κ1) is 16.0. The van der Waals surface area contributed by atoms with Crippen molar-refractivity contribution in [2.24, 2.45) is 5.41 Å². The SMILES string of the molecule is CCC1(C(=O)O)CCCN(C(=O)c2cc(Cl)nc(Cl)c2)C1. The number of nitrogens with zero attached hydrogens (tertiary/aromatic N) is 2. The first-order chi connectivity index (χ1) is 9.88. The van der Waals surface area contributed by atoms with Gasteiger partial charge in [-0.1, -0.05) is 30.1 Å². The van der Waals surface area contributed by atoms with E-state index in [2.05, 4.69) is 4.98 Å². The lowest BCUT2D eigenvalue weighted by molar-refractivity contribution is -0.152. The summed E-state index contributed by atoms with van der Waals surface area (Å²) in [4.78, 5) is 29.4. The molecule has 1 N–H and O–H groups in total. The number of carbonyl (C=O) groups is 2. The largest absolute Gasteiger partial charge is 0.481 e. The summed E-state index contributed by atoms with van der Waals surface area (Å²) in [6.45, 7) is 2.57. The molecule has 1 atom stereocenters. The lowest BCUT2D eigenvalue weighted by Crippen LogP contribution is -2.49. The van der Waals surface area contributed by atoms with E-state index in [0.717, 1.165) is 0 Å². The highest BCUT2D eigenvalue weighted by Gasteiger charge is 2.42. The van der Waals surface area contributed by atoms with E-state index in [1.165, 1.54) is 12.1 Å². The third-order valence-electron chi connectivity index (χ3n) is 4.00. The smallest absolute Gasteiger partial charge is 0.311 e. The van der Waals surface area contributed by atoms with Crippen molar-refractivity contribution in [3.05, 3.63) is 28.0 Å². The number of aromatic nitrogens is 1. The van der Waals surface area contributed by atoms with Crippen LogP contribution in [0.4, 0.5) is 0 Å². The Kier molecular flexibility index (Phi) is 4.74. The summed E-state index contributed by atoms with van der Waals surface area (Å²) < 4.78 is 0. The fraction of sp³-hybridized carbons (Fsp3) is 0.500. The van der Waals surface area contributed by atoms with E-state index in [4.69, 9.17) is 23.2 Å². The molecule has 1 fully saturated rings. The molecule has 0 bridgehead atoms. The summed E-state index contributed by atoms with van der Waals surface area (Å²) >= 11 is 11.6. The molecule has 1 aromatic heterocycles. The molecule has 1 aliphatic rings. The predicted molar refractivity (Wildman–Crippen MR) is 79.8 cm³/mol. The molecule has 1 saturated heterocycles. The first-order valence-electron chi connectivity index (χ1n) is 6.74. The van der Waals surface area contributed by atoms with E-state index in [1.54, 1.807) is 4.90 Å². The predicted octanol–water partition coefficient (Wildman–Crippen LogP) is 3.11. The normalized spacial score (nSPS) is 22.1. The van der Waals surface area contributed by atoms with Gasteiger partial charge in [-0.2, -0.15) is 0 Å². The number of carboxylic acid groups (broad SMARTS) is 1. The molecule has 2 heterocycles. The van der Waals surface area contributed by atoms with Crippen molar-refractivity contribution < 1.29 is 14.7 Å². The summed E-state index contributed by atoms with van der Waals surface area (Å²) in [7, 11) is 0. The van der Waals surface area contributed by atoms with Crippen molar-refractivity contribution in [2.45, 2.75) is 26.2 Å². The van der Waals surface area contributed by atoms with Crippen LogP contribution in [0.5, 0.6) is 0 Å². The minimum atomic E-state index is -0.867. The fourth-order valence-electron chi connectivity index (χ4n) is 2.69. The Morgan fingerprint density at radius 2 is 2.00 bits per heavy atom. The van der Waals surface area contributed by atoms with E-state index in [0.29, 0.717) is 31.4 Å². The van der Waals surface area contributed by atoms with Crippen LogP contribution in [0, 0.1) is 5.41 Å². The second kappa shape index (κ2) is 6.20. The van der Waals surface area contributed by atoms with E-state index in [-0.39, 0.29) is 22.8 Å². The maximum atomic E-state index is 12.5. The van der Waals surface area contributed by atoms with Crippen LogP contribution in [-0.2, 0) is 4.79 Å². The van der Waals surface area contributed by atoms with Gasteiger partial charge in [-0.05, 0) is 31.4 Å². The van der Waals surface area contributed by atoms with E-state index >= 15 is 0 Å². The van der Waals surface area contributed by atoms with Gasteiger partial charge in [-0.3, -0.25) is 9.59 Å². The van der Waals surface area contributed by atoms with Crippen LogP contribution < -0.4 is 0 Å². The van der Waals surface area contributed by atoms with Gasteiger partial charge in [0.2, 0.25) is 0 Å². The Morgan fingerprint density at radius 3 is 2.52 bits per heavy atom. The Bertz CT molecular complexity index is 559. The summed E-state index contributed by atoms with van der Waals surface area (Å²) in [5.41, 5.74) is -0.536. The Balaban J connectivity index is 2.25. The van der Waals surface area contributed by atoms with Gasteiger partial charge >= 0.3 is 5.97 Å². The molecule has 0 radical (unpaired) electrons. The Labute approximate surface area is 132 Å². The average Bonchev–Trinajstić information content (AvgIpc) is 2.45. The maximum absolute atomic E-state index is 12.5. The molecule has 1 amide bonds. The van der Waals surface area contributed by atoms with Crippen molar-refractivity contribution in [1.82, 2.24) is 9.88 Å². The van der Waals surface area contributed by atoms with Crippen LogP contribution in [0.15, 0.2) is 12.1 Å². The molecular weight excluding hydrogens is 315 g/mol. The second-order valence-corrected chi connectivity index (χ2v) is 6.05. The molecule has 21 heavy (non-hydrogen) atoms. The molecule has 2 rings (SSSR count). The molecular formula is C14H16Cl2N2O3. The molecule has 0 spiro atoms. The summed E-state index contributed by atoms with van der Waals surface area (Å²) in [6.07, 6.45) is 1.74. The number of carboxylic acids is 1. The number of aliphatic carboxylic acids is 1. The number of hydrogen-bond acceptors (Lipinski definition) is 3. The number of pyridine rings is 1. The van der Waals surface area contributed by atoms with Crippen molar-refractivity contribution in [3.8, 4) is 0 Å². The zero-order valence-electron chi connectivity index (χ0n) is 11.6. The monoisotopic (exact) mass is 330 g/mol. The number of piperidine rings is 1.